The van der Waals surface area contributed by atoms with E-state index in [-0.39, 0.29) is 18.4 Å². The van der Waals surface area contributed by atoms with Crippen LogP contribution in [0.3, 0.4) is 0 Å². The first-order valence-electron chi connectivity index (χ1n) is 9.69. The molecule has 0 unspecified atom stereocenters. The summed E-state index contributed by atoms with van der Waals surface area (Å²) in [6.45, 7) is 2.18. The summed E-state index contributed by atoms with van der Waals surface area (Å²) in [6.07, 6.45) is 3.85. The second kappa shape index (κ2) is 8.57. The highest BCUT2D eigenvalue weighted by Gasteiger charge is 2.13. The number of pyridine rings is 1. The minimum atomic E-state index is -0.260. The largest absolute Gasteiger partial charge is 0.324 e. The highest BCUT2D eigenvalue weighted by Crippen LogP contribution is 2.19. The second-order valence-electron chi connectivity index (χ2n) is 6.78. The van der Waals surface area contributed by atoms with Gasteiger partial charge in [0.25, 0.3) is 5.91 Å². The van der Waals surface area contributed by atoms with Crippen molar-refractivity contribution >= 4 is 34.2 Å². The molecule has 7 heteroatoms. The molecule has 0 aliphatic rings. The van der Waals surface area contributed by atoms with Crippen molar-refractivity contribution in [1.82, 2.24) is 14.5 Å². The molecule has 2 heterocycles. The minimum absolute atomic E-state index is 0.163. The van der Waals surface area contributed by atoms with Crippen LogP contribution >= 0.6 is 0 Å². The van der Waals surface area contributed by atoms with Gasteiger partial charge in [-0.05, 0) is 42.5 Å². The fraction of sp³-hybridized carbons (Fsp3) is 0.130. The first-order valence-corrected chi connectivity index (χ1v) is 9.69. The molecule has 0 saturated heterocycles. The van der Waals surface area contributed by atoms with Crippen molar-refractivity contribution in [3.05, 3.63) is 84.4 Å². The summed E-state index contributed by atoms with van der Waals surface area (Å²) in [7, 11) is 0. The summed E-state index contributed by atoms with van der Waals surface area (Å²) >= 11 is 0. The molecular weight excluding hydrogens is 378 g/mol. The summed E-state index contributed by atoms with van der Waals surface area (Å²) < 4.78 is 1.93. The molecular formula is C23H21N5O2. The molecule has 0 atom stereocenters. The molecule has 0 radical (unpaired) electrons. The third-order valence-corrected chi connectivity index (χ3v) is 4.68. The maximum absolute atomic E-state index is 12.7. The van der Waals surface area contributed by atoms with Gasteiger partial charge in [0.1, 0.15) is 12.4 Å². The Kier molecular flexibility index (Phi) is 5.52. The van der Waals surface area contributed by atoms with Crippen LogP contribution in [0, 0.1) is 0 Å². The van der Waals surface area contributed by atoms with Crippen LogP contribution in [0.4, 0.5) is 11.4 Å². The van der Waals surface area contributed by atoms with Crippen LogP contribution in [0.2, 0.25) is 0 Å². The zero-order chi connectivity index (χ0) is 20.9. The number of imidazole rings is 1. The zero-order valence-electron chi connectivity index (χ0n) is 16.5. The Bertz CT molecular complexity index is 1200. The molecule has 0 saturated carbocycles. The summed E-state index contributed by atoms with van der Waals surface area (Å²) in [5.41, 5.74) is 3.46. The van der Waals surface area contributed by atoms with E-state index in [2.05, 4.69) is 20.6 Å². The molecule has 7 nitrogen and oxygen atoms in total. The fourth-order valence-corrected chi connectivity index (χ4v) is 3.29. The third-order valence-electron chi connectivity index (χ3n) is 4.68. The van der Waals surface area contributed by atoms with Crippen LogP contribution in [-0.2, 0) is 17.8 Å². The lowest BCUT2D eigenvalue weighted by Gasteiger charge is -2.11. The first kappa shape index (κ1) is 19.3. The van der Waals surface area contributed by atoms with Crippen LogP contribution in [0.5, 0.6) is 0 Å². The number of carbonyl (C=O) groups is 2. The summed E-state index contributed by atoms with van der Waals surface area (Å²) in [4.78, 5) is 33.5. The van der Waals surface area contributed by atoms with Gasteiger partial charge < -0.3 is 15.2 Å². The molecule has 2 aromatic heterocycles. The van der Waals surface area contributed by atoms with Gasteiger partial charge in [-0.2, -0.15) is 0 Å². The van der Waals surface area contributed by atoms with Gasteiger partial charge in [-0.25, -0.2) is 4.98 Å². The van der Waals surface area contributed by atoms with Gasteiger partial charge >= 0.3 is 0 Å². The number of anilines is 2. The molecule has 30 heavy (non-hydrogen) atoms. The standard InChI is InChI=1S/C23H21N5O2/c1-2-21-27-19-10-3-4-11-20(19)28(21)15-22(29)25-17-8-5-9-18(13-17)26-23(30)16-7-6-12-24-14-16/h3-14H,2,15H2,1H3,(H,25,29)(H,26,30). The number of para-hydroxylation sites is 2. The van der Waals surface area contributed by atoms with Crippen molar-refractivity contribution in [1.29, 1.82) is 0 Å². The summed E-state index contributed by atoms with van der Waals surface area (Å²) in [5.74, 6) is 0.441. The van der Waals surface area contributed by atoms with Crippen LogP contribution in [-0.4, -0.2) is 26.3 Å². The molecule has 0 fully saturated rings. The number of rotatable bonds is 6. The first-order chi connectivity index (χ1) is 14.6. The normalized spacial score (nSPS) is 10.7. The monoisotopic (exact) mass is 399 g/mol. The van der Waals surface area contributed by atoms with Gasteiger partial charge in [-0.15, -0.1) is 0 Å². The van der Waals surface area contributed by atoms with E-state index in [1.165, 1.54) is 6.20 Å². The molecule has 2 N–H and O–H groups in total. The van der Waals surface area contributed by atoms with Gasteiger partial charge in [0, 0.05) is 30.2 Å². The van der Waals surface area contributed by atoms with Crippen LogP contribution in [0.25, 0.3) is 11.0 Å². The van der Waals surface area contributed by atoms with E-state index < -0.39 is 0 Å². The Morgan fingerprint density at radius 3 is 2.53 bits per heavy atom. The Balaban J connectivity index is 1.47. The van der Waals surface area contributed by atoms with Gasteiger partial charge in [-0.1, -0.05) is 25.1 Å². The van der Waals surface area contributed by atoms with Crippen molar-refractivity contribution in [3.8, 4) is 0 Å². The van der Waals surface area contributed by atoms with Gasteiger partial charge in [0.2, 0.25) is 5.91 Å². The van der Waals surface area contributed by atoms with Crippen LogP contribution < -0.4 is 10.6 Å². The maximum Gasteiger partial charge on any atom is 0.257 e. The molecule has 2 aromatic carbocycles. The van der Waals surface area contributed by atoms with E-state index in [0.717, 1.165) is 23.3 Å². The van der Waals surface area contributed by atoms with Gasteiger partial charge in [0.05, 0.1) is 16.6 Å². The molecule has 150 valence electrons. The number of nitrogens with zero attached hydrogens (tertiary/aromatic N) is 3. The number of amides is 2. The van der Waals surface area contributed by atoms with E-state index in [9.17, 15) is 9.59 Å². The number of fused-ring (bicyclic) bond motifs is 1. The van der Waals surface area contributed by atoms with Crippen molar-refractivity contribution in [2.24, 2.45) is 0 Å². The van der Waals surface area contributed by atoms with E-state index >= 15 is 0 Å². The van der Waals surface area contributed by atoms with E-state index in [1.54, 1.807) is 42.6 Å². The summed E-state index contributed by atoms with van der Waals surface area (Å²) in [5, 5.41) is 5.71. The Morgan fingerprint density at radius 1 is 0.967 bits per heavy atom. The predicted octanol–water partition coefficient (Wildman–Crippen LogP) is 3.88. The number of aromatic nitrogens is 3. The van der Waals surface area contributed by atoms with Crippen LogP contribution in [0.1, 0.15) is 23.1 Å². The molecule has 0 aliphatic carbocycles. The molecule has 4 rings (SSSR count). The molecule has 2 amide bonds. The van der Waals surface area contributed by atoms with E-state index in [0.29, 0.717) is 16.9 Å². The fourth-order valence-electron chi connectivity index (χ4n) is 3.29. The smallest absolute Gasteiger partial charge is 0.257 e. The minimum Gasteiger partial charge on any atom is -0.324 e. The van der Waals surface area contributed by atoms with Crippen LogP contribution in [0.15, 0.2) is 73.1 Å². The van der Waals surface area contributed by atoms with Gasteiger partial charge in [-0.3, -0.25) is 14.6 Å². The van der Waals surface area contributed by atoms with Crippen molar-refractivity contribution in [3.63, 3.8) is 0 Å². The molecule has 0 spiro atoms. The third kappa shape index (κ3) is 4.20. The average molecular weight is 399 g/mol. The Morgan fingerprint density at radius 2 is 1.77 bits per heavy atom. The van der Waals surface area contributed by atoms with Crippen molar-refractivity contribution in [2.45, 2.75) is 19.9 Å². The number of aryl methyl sites for hydroxylation is 1. The number of carbonyl (C=O) groups excluding carboxylic acids is 2. The van der Waals surface area contributed by atoms with Crippen molar-refractivity contribution < 1.29 is 9.59 Å². The van der Waals surface area contributed by atoms with E-state index in [1.807, 2.05) is 35.8 Å². The lowest BCUT2D eigenvalue weighted by Crippen LogP contribution is -2.20. The Hall–Kier alpha value is -4.00. The molecule has 0 bridgehead atoms. The highest BCUT2D eigenvalue weighted by molar-refractivity contribution is 6.04. The number of hydrogen-bond donors (Lipinski definition) is 2. The number of benzene rings is 2. The SMILES string of the molecule is CCc1nc2ccccc2n1CC(=O)Nc1cccc(NC(=O)c2cccnc2)c1. The van der Waals surface area contributed by atoms with Gasteiger partial charge in [0.15, 0.2) is 0 Å². The highest BCUT2D eigenvalue weighted by atomic mass is 16.2. The molecule has 0 aliphatic heterocycles. The number of hydrogen-bond acceptors (Lipinski definition) is 4. The maximum atomic E-state index is 12.7. The quantitative estimate of drug-likeness (QED) is 0.515. The van der Waals surface area contributed by atoms with Crippen molar-refractivity contribution in [2.75, 3.05) is 10.6 Å². The molecule has 4 aromatic rings. The predicted molar refractivity (Wildman–Crippen MR) is 116 cm³/mol. The average Bonchev–Trinajstić information content (AvgIpc) is 3.12. The Labute approximate surface area is 173 Å². The van der Waals surface area contributed by atoms with E-state index in [4.69, 9.17) is 0 Å². The summed E-state index contributed by atoms with van der Waals surface area (Å²) in [6, 6.07) is 18.2. The lowest BCUT2D eigenvalue weighted by molar-refractivity contribution is -0.116. The number of nitrogens with one attached hydrogen (secondary N) is 2. The topological polar surface area (TPSA) is 88.9 Å². The lowest BCUT2D eigenvalue weighted by atomic mass is 10.2. The second-order valence-corrected chi connectivity index (χ2v) is 6.78. The zero-order valence-corrected chi connectivity index (χ0v) is 16.5.